The zero-order valence-electron chi connectivity index (χ0n) is 23.7. The highest BCUT2D eigenvalue weighted by molar-refractivity contribution is 5.77. The summed E-state index contributed by atoms with van der Waals surface area (Å²) in [7, 11) is 0. The smallest absolute Gasteiger partial charge is 0.220 e. The van der Waals surface area contributed by atoms with Gasteiger partial charge in [0.2, 0.25) is 5.91 Å². The molecule has 2 spiro atoms. The van der Waals surface area contributed by atoms with Gasteiger partial charge in [-0.3, -0.25) is 4.79 Å². The van der Waals surface area contributed by atoms with Crippen molar-refractivity contribution in [1.82, 2.24) is 5.32 Å². The van der Waals surface area contributed by atoms with E-state index in [9.17, 15) is 9.90 Å². The first-order valence-corrected chi connectivity index (χ1v) is 14.7. The molecule has 0 aromatic heterocycles. The molecule has 2 N–H and O–H groups in total. The molecule has 198 valence electrons. The van der Waals surface area contributed by atoms with Crippen molar-refractivity contribution in [2.24, 2.45) is 44.8 Å². The third-order valence-corrected chi connectivity index (χ3v) is 13.5. The minimum absolute atomic E-state index is 0.0921. The van der Waals surface area contributed by atoms with E-state index in [4.69, 9.17) is 4.74 Å². The highest BCUT2D eigenvalue weighted by Crippen LogP contribution is 2.88. The first-order chi connectivity index (χ1) is 16.0. The van der Waals surface area contributed by atoms with Crippen LogP contribution in [0.3, 0.4) is 0 Å². The van der Waals surface area contributed by atoms with Crippen LogP contribution < -0.4 is 5.32 Å². The summed E-state index contributed by atoms with van der Waals surface area (Å²) in [6, 6.07) is 0. The predicted molar refractivity (Wildman–Crippen MR) is 139 cm³/mol. The lowest BCUT2D eigenvalue weighted by atomic mass is 9.43. The van der Waals surface area contributed by atoms with Gasteiger partial charge in [-0.25, -0.2) is 0 Å². The maximum Gasteiger partial charge on any atom is 0.220 e. The second kappa shape index (κ2) is 6.87. The Balaban J connectivity index is 1.35. The topological polar surface area (TPSA) is 58.6 Å². The Hall–Kier alpha value is -0.610. The zero-order chi connectivity index (χ0) is 25.4. The molecule has 4 unspecified atom stereocenters. The number of carbonyl (C=O) groups is 1. The fraction of sp³-hybridized carbons (Fsp3) is 0.968. The van der Waals surface area contributed by atoms with E-state index in [2.05, 4.69) is 60.7 Å². The Bertz CT molecular complexity index is 938. The molecule has 1 amide bonds. The number of amides is 1. The fourth-order valence-corrected chi connectivity index (χ4v) is 12.0. The Morgan fingerprint density at radius 2 is 1.54 bits per heavy atom. The second-order valence-corrected chi connectivity index (χ2v) is 16.3. The van der Waals surface area contributed by atoms with E-state index in [1.54, 1.807) is 0 Å². The molecule has 2 heterocycles. The highest BCUT2D eigenvalue weighted by atomic mass is 16.5. The third kappa shape index (κ3) is 2.91. The van der Waals surface area contributed by atoms with Crippen molar-refractivity contribution >= 4 is 5.91 Å². The van der Waals surface area contributed by atoms with E-state index in [0.29, 0.717) is 29.1 Å². The van der Waals surface area contributed by atoms with Gasteiger partial charge in [-0.1, -0.05) is 34.6 Å². The molecular weight excluding hydrogens is 434 g/mol. The van der Waals surface area contributed by atoms with Gasteiger partial charge in [0.1, 0.15) is 0 Å². The van der Waals surface area contributed by atoms with Gasteiger partial charge in [-0.15, -0.1) is 0 Å². The summed E-state index contributed by atoms with van der Waals surface area (Å²) < 4.78 is 6.93. The van der Waals surface area contributed by atoms with Crippen molar-refractivity contribution in [3.05, 3.63) is 0 Å². The molecule has 6 rings (SSSR count). The lowest BCUT2D eigenvalue weighted by molar-refractivity contribution is -0.179. The molecule has 0 radical (unpaired) electrons. The molecule has 0 aromatic carbocycles. The molecule has 0 aromatic rings. The van der Waals surface area contributed by atoms with E-state index in [-0.39, 0.29) is 51.4 Å². The summed E-state index contributed by atoms with van der Waals surface area (Å²) in [6.07, 6.45) is 11.0. The monoisotopic (exact) mass is 485 g/mol. The lowest BCUT2D eigenvalue weighted by Crippen LogP contribution is -2.59. The number of rotatable bonds is 1. The van der Waals surface area contributed by atoms with Gasteiger partial charge in [0, 0.05) is 17.9 Å². The van der Waals surface area contributed by atoms with Gasteiger partial charge >= 0.3 is 0 Å². The molecule has 0 bridgehead atoms. The van der Waals surface area contributed by atoms with Crippen LogP contribution in [0.1, 0.15) is 120 Å². The van der Waals surface area contributed by atoms with Crippen LogP contribution in [0.4, 0.5) is 0 Å². The van der Waals surface area contributed by atoms with Crippen LogP contribution in [0.25, 0.3) is 0 Å². The minimum atomic E-state index is -0.287. The van der Waals surface area contributed by atoms with Crippen molar-refractivity contribution < 1.29 is 14.6 Å². The van der Waals surface area contributed by atoms with Gasteiger partial charge in [0.25, 0.3) is 0 Å². The second-order valence-electron chi connectivity index (χ2n) is 16.3. The number of hydrogen-bond donors (Lipinski definition) is 2. The number of ether oxygens (including phenoxy) is 1. The van der Waals surface area contributed by atoms with Crippen molar-refractivity contribution in [2.45, 2.75) is 143 Å². The van der Waals surface area contributed by atoms with Crippen LogP contribution in [-0.2, 0) is 9.53 Å². The van der Waals surface area contributed by atoms with Crippen molar-refractivity contribution in [2.75, 3.05) is 0 Å². The molecule has 10 atom stereocenters. The van der Waals surface area contributed by atoms with Gasteiger partial charge in [-0.05, 0) is 117 Å². The van der Waals surface area contributed by atoms with Crippen LogP contribution in [0.15, 0.2) is 0 Å². The van der Waals surface area contributed by atoms with Gasteiger partial charge in [0.05, 0.1) is 17.8 Å². The van der Waals surface area contributed by atoms with Crippen LogP contribution >= 0.6 is 0 Å². The molecule has 6 aliphatic rings. The van der Waals surface area contributed by atoms with E-state index in [0.717, 1.165) is 25.7 Å². The minimum Gasteiger partial charge on any atom is -0.393 e. The average Bonchev–Trinajstić information content (AvgIpc) is 3.16. The van der Waals surface area contributed by atoms with Crippen LogP contribution in [0.2, 0.25) is 0 Å². The number of nitrogens with one attached hydrogen (secondary N) is 1. The molecule has 6 fully saturated rings. The van der Waals surface area contributed by atoms with Crippen LogP contribution in [0, 0.1) is 44.8 Å². The Morgan fingerprint density at radius 1 is 0.886 bits per heavy atom. The maximum atomic E-state index is 12.7. The van der Waals surface area contributed by atoms with Crippen LogP contribution in [-0.4, -0.2) is 34.4 Å². The highest BCUT2D eigenvalue weighted by Gasteiger charge is 2.82. The predicted octanol–water partition coefficient (Wildman–Crippen LogP) is 6.25. The lowest BCUT2D eigenvalue weighted by Gasteiger charge is -2.62. The van der Waals surface area contributed by atoms with E-state index in [1.807, 2.05) is 0 Å². The standard InChI is InChI=1S/C31H51NO3/c1-25(2,3)22-11-13-29(8,35-22)24-19(33)17-28(7)21-10-9-20-26(4,5)32-23(34)12-14-30(20)18-31(21,30)16-15-27(24,28)6/h19-22,24,33H,9-18H2,1-8H3,(H,32,34)/t19-,20?,21?,22+,24?,27+,28-,29?,30+,31-/m0/s1. The Morgan fingerprint density at radius 3 is 2.20 bits per heavy atom. The average molecular weight is 486 g/mol. The number of aliphatic hydroxyl groups excluding tert-OH is 1. The van der Waals surface area contributed by atoms with Crippen LogP contribution in [0.5, 0.6) is 0 Å². The molecule has 4 saturated carbocycles. The normalized spacial score (nSPS) is 56.8. The largest absolute Gasteiger partial charge is 0.393 e. The first kappa shape index (κ1) is 24.7. The summed E-state index contributed by atoms with van der Waals surface area (Å²) in [5.41, 5.74) is 0.685. The van der Waals surface area contributed by atoms with E-state index in [1.165, 1.54) is 32.1 Å². The first-order valence-electron chi connectivity index (χ1n) is 14.7. The molecular formula is C31H51NO3. The molecule has 35 heavy (non-hydrogen) atoms. The van der Waals surface area contributed by atoms with E-state index >= 15 is 0 Å². The molecule has 2 saturated heterocycles. The fourth-order valence-electron chi connectivity index (χ4n) is 12.0. The number of carbonyl (C=O) groups excluding carboxylic acids is 1. The van der Waals surface area contributed by atoms with Crippen molar-refractivity contribution in [1.29, 1.82) is 0 Å². The van der Waals surface area contributed by atoms with Crippen molar-refractivity contribution in [3.8, 4) is 0 Å². The van der Waals surface area contributed by atoms with Gasteiger partial charge in [-0.2, -0.15) is 0 Å². The Labute approximate surface area is 213 Å². The molecule has 4 heteroatoms. The summed E-state index contributed by atoms with van der Waals surface area (Å²) >= 11 is 0. The van der Waals surface area contributed by atoms with Gasteiger partial charge in [0.15, 0.2) is 0 Å². The summed E-state index contributed by atoms with van der Waals surface area (Å²) in [5, 5.41) is 15.2. The molecule has 4 nitrogen and oxygen atoms in total. The Kier molecular flexibility index (Phi) is 4.85. The SMILES string of the molecule is CC1(C)NC(=O)CC[C@]23C[C@]24CC[C@]2(C)C(C5(C)CC[C@H](C(C)(C)C)O5)[C@@H](O)C[C@@]2(C)C4CCC13. The summed E-state index contributed by atoms with van der Waals surface area (Å²) in [6.45, 7) is 18.9. The zero-order valence-corrected chi connectivity index (χ0v) is 23.7. The van der Waals surface area contributed by atoms with E-state index < -0.39 is 0 Å². The third-order valence-electron chi connectivity index (χ3n) is 13.5. The number of aliphatic hydroxyl groups is 1. The maximum absolute atomic E-state index is 12.7. The van der Waals surface area contributed by atoms with Crippen molar-refractivity contribution in [3.63, 3.8) is 0 Å². The quantitative estimate of drug-likeness (QED) is 0.462. The number of hydrogen-bond acceptors (Lipinski definition) is 3. The van der Waals surface area contributed by atoms with Gasteiger partial charge < -0.3 is 15.2 Å². The molecule has 4 aliphatic carbocycles. The summed E-state index contributed by atoms with van der Waals surface area (Å²) in [5.74, 6) is 1.68. The molecule has 2 aliphatic heterocycles. The number of fused-ring (bicyclic) bond motifs is 2. The summed E-state index contributed by atoms with van der Waals surface area (Å²) in [4.78, 5) is 12.7.